The molecule has 0 aliphatic rings. The van der Waals surface area contributed by atoms with E-state index in [1.54, 1.807) is 13.3 Å². The standard InChI is InChI=1S/C15H15N5O/c1-21-13-7-6-10(8-17-13)9-18-14-11-4-2-3-5-12(11)19-15(16)20-14/h2-8H,9H2,1H3,(H3,16,18,19,20). The van der Waals surface area contributed by atoms with E-state index in [0.717, 1.165) is 16.5 Å². The number of benzene rings is 1. The summed E-state index contributed by atoms with van der Waals surface area (Å²) in [4.78, 5) is 12.6. The summed E-state index contributed by atoms with van der Waals surface area (Å²) in [5.74, 6) is 1.56. The number of nitrogens with zero attached hydrogens (tertiary/aromatic N) is 3. The quantitative estimate of drug-likeness (QED) is 0.762. The lowest BCUT2D eigenvalue weighted by atomic mass is 10.2. The van der Waals surface area contributed by atoms with Crippen LogP contribution in [0.3, 0.4) is 0 Å². The van der Waals surface area contributed by atoms with Gasteiger partial charge in [-0.2, -0.15) is 4.98 Å². The Bertz CT molecular complexity index is 758. The van der Waals surface area contributed by atoms with E-state index in [0.29, 0.717) is 18.2 Å². The van der Waals surface area contributed by atoms with E-state index in [1.807, 2.05) is 36.4 Å². The van der Waals surface area contributed by atoms with Gasteiger partial charge < -0.3 is 15.8 Å². The van der Waals surface area contributed by atoms with Gasteiger partial charge in [-0.25, -0.2) is 9.97 Å². The highest BCUT2D eigenvalue weighted by molar-refractivity contribution is 5.89. The molecular formula is C15H15N5O. The number of nitrogens with two attached hydrogens (primary N) is 1. The van der Waals surface area contributed by atoms with Crippen LogP contribution >= 0.6 is 0 Å². The summed E-state index contributed by atoms with van der Waals surface area (Å²) >= 11 is 0. The highest BCUT2D eigenvalue weighted by atomic mass is 16.5. The topological polar surface area (TPSA) is 86.0 Å². The largest absolute Gasteiger partial charge is 0.481 e. The molecule has 0 saturated carbocycles. The lowest BCUT2D eigenvalue weighted by molar-refractivity contribution is 0.397. The summed E-state index contributed by atoms with van der Waals surface area (Å²) in [6.45, 7) is 0.595. The second-order valence-electron chi connectivity index (χ2n) is 4.51. The van der Waals surface area contributed by atoms with Crippen molar-refractivity contribution in [1.29, 1.82) is 0 Å². The first-order valence-electron chi connectivity index (χ1n) is 6.51. The molecule has 0 spiro atoms. The SMILES string of the molecule is COc1ccc(CNc2nc(N)nc3ccccc23)cn1. The van der Waals surface area contributed by atoms with Crippen molar-refractivity contribution in [1.82, 2.24) is 15.0 Å². The van der Waals surface area contributed by atoms with Crippen molar-refractivity contribution in [2.75, 3.05) is 18.2 Å². The maximum atomic E-state index is 5.74. The second kappa shape index (κ2) is 5.62. The molecule has 0 fully saturated rings. The molecule has 0 bridgehead atoms. The number of ether oxygens (including phenoxy) is 1. The zero-order chi connectivity index (χ0) is 14.7. The fourth-order valence-corrected chi connectivity index (χ4v) is 2.05. The van der Waals surface area contributed by atoms with Crippen LogP contribution in [0.25, 0.3) is 10.9 Å². The number of nitrogen functional groups attached to an aromatic ring is 1. The van der Waals surface area contributed by atoms with Gasteiger partial charge in [0.2, 0.25) is 11.8 Å². The van der Waals surface area contributed by atoms with Crippen LogP contribution < -0.4 is 15.8 Å². The second-order valence-corrected chi connectivity index (χ2v) is 4.51. The minimum Gasteiger partial charge on any atom is -0.481 e. The first-order valence-corrected chi connectivity index (χ1v) is 6.51. The maximum Gasteiger partial charge on any atom is 0.222 e. The Morgan fingerprint density at radius 1 is 1.14 bits per heavy atom. The third-order valence-electron chi connectivity index (χ3n) is 3.09. The number of fused-ring (bicyclic) bond motifs is 1. The number of rotatable bonds is 4. The monoisotopic (exact) mass is 281 g/mol. The van der Waals surface area contributed by atoms with Crippen molar-refractivity contribution in [3.8, 4) is 5.88 Å². The van der Waals surface area contributed by atoms with Crippen molar-refractivity contribution in [3.05, 3.63) is 48.2 Å². The van der Waals surface area contributed by atoms with Gasteiger partial charge in [0.15, 0.2) is 0 Å². The molecule has 3 rings (SSSR count). The van der Waals surface area contributed by atoms with Crippen LogP contribution in [0, 0.1) is 0 Å². The number of pyridine rings is 1. The third kappa shape index (κ3) is 2.84. The highest BCUT2D eigenvalue weighted by Crippen LogP contribution is 2.21. The Balaban J connectivity index is 1.84. The van der Waals surface area contributed by atoms with Crippen LogP contribution in [0.5, 0.6) is 5.88 Å². The summed E-state index contributed by atoms with van der Waals surface area (Å²) in [5.41, 5.74) is 7.59. The van der Waals surface area contributed by atoms with Crippen LogP contribution in [0.15, 0.2) is 42.6 Å². The van der Waals surface area contributed by atoms with Crippen LogP contribution in [-0.4, -0.2) is 22.1 Å². The van der Waals surface area contributed by atoms with Crippen LogP contribution in [0.2, 0.25) is 0 Å². The Morgan fingerprint density at radius 3 is 2.76 bits per heavy atom. The lowest BCUT2D eigenvalue weighted by Crippen LogP contribution is -2.05. The summed E-state index contributed by atoms with van der Waals surface area (Å²) in [6, 6.07) is 11.5. The average Bonchev–Trinajstić information content (AvgIpc) is 2.53. The van der Waals surface area contributed by atoms with E-state index < -0.39 is 0 Å². The molecule has 0 atom stereocenters. The number of nitrogens with one attached hydrogen (secondary N) is 1. The van der Waals surface area contributed by atoms with E-state index in [-0.39, 0.29) is 5.95 Å². The van der Waals surface area contributed by atoms with Crippen molar-refractivity contribution in [3.63, 3.8) is 0 Å². The summed E-state index contributed by atoms with van der Waals surface area (Å²) < 4.78 is 5.04. The zero-order valence-electron chi connectivity index (χ0n) is 11.6. The molecular weight excluding hydrogens is 266 g/mol. The Labute approximate surface area is 122 Å². The first-order chi connectivity index (χ1) is 10.3. The fraction of sp³-hybridized carbons (Fsp3) is 0.133. The van der Waals surface area contributed by atoms with Crippen molar-refractivity contribution in [2.24, 2.45) is 0 Å². The number of aromatic nitrogens is 3. The van der Waals surface area contributed by atoms with Gasteiger partial charge in [0, 0.05) is 24.2 Å². The smallest absolute Gasteiger partial charge is 0.222 e. The van der Waals surface area contributed by atoms with E-state index in [2.05, 4.69) is 20.3 Å². The molecule has 3 N–H and O–H groups in total. The van der Waals surface area contributed by atoms with Gasteiger partial charge in [-0.3, -0.25) is 0 Å². The molecule has 6 heteroatoms. The minimum absolute atomic E-state index is 0.254. The summed E-state index contributed by atoms with van der Waals surface area (Å²) in [7, 11) is 1.59. The molecule has 0 amide bonds. The third-order valence-corrected chi connectivity index (χ3v) is 3.09. The molecule has 0 saturated heterocycles. The molecule has 106 valence electrons. The molecule has 2 heterocycles. The molecule has 1 aromatic carbocycles. The predicted octanol–water partition coefficient (Wildman–Crippen LogP) is 2.23. The van der Waals surface area contributed by atoms with Gasteiger partial charge in [-0.1, -0.05) is 18.2 Å². The lowest BCUT2D eigenvalue weighted by Gasteiger charge is -2.09. The number of para-hydroxylation sites is 1. The fourth-order valence-electron chi connectivity index (χ4n) is 2.05. The number of anilines is 2. The molecule has 0 radical (unpaired) electrons. The molecule has 21 heavy (non-hydrogen) atoms. The number of hydrogen-bond acceptors (Lipinski definition) is 6. The normalized spacial score (nSPS) is 10.5. The van der Waals surface area contributed by atoms with Crippen molar-refractivity contribution < 1.29 is 4.74 Å². The number of methoxy groups -OCH3 is 1. The molecule has 2 aromatic heterocycles. The average molecular weight is 281 g/mol. The van der Waals surface area contributed by atoms with Crippen LogP contribution in [0.4, 0.5) is 11.8 Å². The zero-order valence-corrected chi connectivity index (χ0v) is 11.6. The maximum absolute atomic E-state index is 5.74. The van der Waals surface area contributed by atoms with E-state index in [9.17, 15) is 0 Å². The van der Waals surface area contributed by atoms with Gasteiger partial charge >= 0.3 is 0 Å². The van der Waals surface area contributed by atoms with E-state index in [4.69, 9.17) is 10.5 Å². The Hall–Kier alpha value is -2.89. The van der Waals surface area contributed by atoms with Gasteiger partial charge in [0.25, 0.3) is 0 Å². The van der Waals surface area contributed by atoms with Gasteiger partial charge in [-0.05, 0) is 17.7 Å². The molecule has 0 aliphatic carbocycles. The minimum atomic E-state index is 0.254. The first kappa shape index (κ1) is 13.1. The summed E-state index contributed by atoms with van der Waals surface area (Å²) in [5, 5.41) is 4.21. The van der Waals surface area contributed by atoms with Crippen molar-refractivity contribution >= 4 is 22.7 Å². The number of hydrogen-bond donors (Lipinski definition) is 2. The molecule has 3 aromatic rings. The van der Waals surface area contributed by atoms with E-state index >= 15 is 0 Å². The Kier molecular flexibility index (Phi) is 3.51. The van der Waals surface area contributed by atoms with E-state index in [1.165, 1.54) is 0 Å². The van der Waals surface area contributed by atoms with Crippen LogP contribution in [0.1, 0.15) is 5.56 Å². The Morgan fingerprint density at radius 2 is 2.00 bits per heavy atom. The molecule has 6 nitrogen and oxygen atoms in total. The molecule has 0 unspecified atom stereocenters. The van der Waals surface area contributed by atoms with Gasteiger partial charge in [-0.15, -0.1) is 0 Å². The predicted molar refractivity (Wildman–Crippen MR) is 82.1 cm³/mol. The van der Waals surface area contributed by atoms with Crippen LogP contribution in [-0.2, 0) is 6.54 Å². The van der Waals surface area contributed by atoms with Gasteiger partial charge in [0.05, 0.1) is 12.6 Å². The van der Waals surface area contributed by atoms with Crippen molar-refractivity contribution in [2.45, 2.75) is 6.54 Å². The highest BCUT2D eigenvalue weighted by Gasteiger charge is 2.05. The molecule has 0 aliphatic heterocycles. The van der Waals surface area contributed by atoms with Gasteiger partial charge in [0.1, 0.15) is 5.82 Å². The summed E-state index contributed by atoms with van der Waals surface area (Å²) in [6.07, 6.45) is 1.76.